The van der Waals surface area contributed by atoms with E-state index in [0.29, 0.717) is 42.0 Å². The predicted molar refractivity (Wildman–Crippen MR) is 108 cm³/mol. The second kappa shape index (κ2) is 9.47. The molecule has 1 N–H and O–H groups in total. The van der Waals surface area contributed by atoms with Crippen LogP contribution in [0, 0.1) is 0 Å². The highest BCUT2D eigenvalue weighted by Crippen LogP contribution is 2.30. The molecule has 1 amide bonds. The zero-order valence-electron chi connectivity index (χ0n) is 16.9. The number of nitrogens with zero attached hydrogens (tertiary/aromatic N) is 2. The molecule has 2 heterocycles. The molecule has 9 heteroatoms. The monoisotopic (exact) mass is 423 g/mol. The Bertz CT molecular complexity index is 833. The summed E-state index contributed by atoms with van der Waals surface area (Å²) in [7, 11) is 1.54. The van der Waals surface area contributed by atoms with Gasteiger partial charge in [0.25, 0.3) is 5.91 Å². The standard InChI is InChI=1S/C20H26ClN3O5/c1-20(2,24-6-8-27-9-7-24)13-22-19(25)16-11-15(29-23-16)12-28-17-5-4-14(21)10-18(17)26-3/h4-5,10-11H,6-9,12-13H2,1-3H3,(H,22,25). The van der Waals surface area contributed by atoms with Crippen LogP contribution >= 0.6 is 11.6 Å². The normalized spacial score (nSPS) is 15.2. The SMILES string of the molecule is COc1cc(Cl)ccc1OCc1cc(C(=O)NCC(C)(C)N2CCOCC2)no1. The summed E-state index contributed by atoms with van der Waals surface area (Å²) in [5.74, 6) is 1.18. The Balaban J connectivity index is 1.53. The summed E-state index contributed by atoms with van der Waals surface area (Å²) in [6.07, 6.45) is 0. The molecule has 0 aliphatic carbocycles. The Morgan fingerprint density at radius 3 is 2.76 bits per heavy atom. The maximum absolute atomic E-state index is 12.4. The van der Waals surface area contributed by atoms with E-state index in [1.165, 1.54) is 7.11 Å². The highest BCUT2D eigenvalue weighted by molar-refractivity contribution is 6.30. The summed E-state index contributed by atoms with van der Waals surface area (Å²) >= 11 is 5.94. The zero-order chi connectivity index (χ0) is 20.9. The van der Waals surface area contributed by atoms with Gasteiger partial charge in [-0.15, -0.1) is 0 Å². The van der Waals surface area contributed by atoms with Crippen LogP contribution in [-0.2, 0) is 11.3 Å². The topological polar surface area (TPSA) is 86.1 Å². The minimum absolute atomic E-state index is 0.109. The Morgan fingerprint density at radius 2 is 2.03 bits per heavy atom. The first-order valence-electron chi connectivity index (χ1n) is 9.42. The lowest BCUT2D eigenvalue weighted by atomic mass is 10.0. The molecule has 0 bridgehead atoms. The average molecular weight is 424 g/mol. The largest absolute Gasteiger partial charge is 0.493 e. The maximum Gasteiger partial charge on any atom is 0.273 e. The van der Waals surface area contributed by atoms with E-state index in [1.54, 1.807) is 24.3 Å². The van der Waals surface area contributed by atoms with Crippen molar-refractivity contribution >= 4 is 17.5 Å². The molecule has 8 nitrogen and oxygen atoms in total. The molecule has 1 aliphatic heterocycles. The van der Waals surface area contributed by atoms with Crippen LogP contribution < -0.4 is 14.8 Å². The van der Waals surface area contributed by atoms with Crippen LogP contribution in [0.15, 0.2) is 28.8 Å². The summed E-state index contributed by atoms with van der Waals surface area (Å²) in [5, 5.41) is 7.32. The summed E-state index contributed by atoms with van der Waals surface area (Å²) in [4.78, 5) is 14.8. The summed E-state index contributed by atoms with van der Waals surface area (Å²) in [5.41, 5.74) is 0.0321. The molecule has 0 saturated carbocycles. The maximum atomic E-state index is 12.4. The molecule has 0 unspecified atom stereocenters. The van der Waals surface area contributed by atoms with Crippen molar-refractivity contribution in [2.45, 2.75) is 26.0 Å². The number of ether oxygens (including phenoxy) is 3. The molecule has 2 aromatic rings. The van der Waals surface area contributed by atoms with Crippen molar-refractivity contribution in [2.75, 3.05) is 40.0 Å². The lowest BCUT2D eigenvalue weighted by molar-refractivity contribution is -0.00925. The number of amides is 1. The summed E-state index contributed by atoms with van der Waals surface area (Å²) in [6, 6.07) is 6.64. The number of aromatic nitrogens is 1. The number of hydrogen-bond acceptors (Lipinski definition) is 7. The van der Waals surface area contributed by atoms with E-state index in [4.69, 9.17) is 30.3 Å². The van der Waals surface area contributed by atoms with E-state index in [1.807, 2.05) is 0 Å². The average Bonchev–Trinajstić information content (AvgIpc) is 3.21. The van der Waals surface area contributed by atoms with Crippen LogP contribution in [0.1, 0.15) is 30.1 Å². The van der Waals surface area contributed by atoms with E-state index < -0.39 is 0 Å². The third-order valence-electron chi connectivity index (χ3n) is 4.84. The molecule has 158 valence electrons. The minimum Gasteiger partial charge on any atom is -0.493 e. The third kappa shape index (κ3) is 5.62. The number of nitrogens with one attached hydrogen (secondary N) is 1. The molecule has 1 aromatic carbocycles. The van der Waals surface area contributed by atoms with Gasteiger partial charge in [-0.25, -0.2) is 0 Å². The van der Waals surface area contributed by atoms with Gasteiger partial charge in [-0.05, 0) is 26.0 Å². The first-order valence-corrected chi connectivity index (χ1v) is 9.80. The second-order valence-electron chi connectivity index (χ2n) is 7.36. The third-order valence-corrected chi connectivity index (χ3v) is 5.07. The molecule has 0 radical (unpaired) electrons. The molecule has 1 aliphatic rings. The Labute approximate surface area is 175 Å². The molecular formula is C20H26ClN3O5. The number of hydrogen-bond donors (Lipinski definition) is 1. The smallest absolute Gasteiger partial charge is 0.273 e. The first kappa shape index (κ1) is 21.4. The van der Waals surface area contributed by atoms with Crippen LogP contribution in [-0.4, -0.2) is 61.5 Å². The summed E-state index contributed by atoms with van der Waals surface area (Å²) in [6.45, 7) is 7.92. The van der Waals surface area contributed by atoms with Gasteiger partial charge in [0, 0.05) is 42.3 Å². The van der Waals surface area contributed by atoms with Crippen LogP contribution in [0.5, 0.6) is 11.5 Å². The van der Waals surface area contributed by atoms with Crippen molar-refractivity contribution in [3.05, 3.63) is 40.7 Å². The van der Waals surface area contributed by atoms with Gasteiger partial charge in [-0.2, -0.15) is 0 Å². The van der Waals surface area contributed by atoms with Gasteiger partial charge in [0.15, 0.2) is 23.0 Å². The lowest BCUT2D eigenvalue weighted by Crippen LogP contribution is -2.55. The van der Waals surface area contributed by atoms with E-state index in [2.05, 4.69) is 29.2 Å². The molecule has 1 aromatic heterocycles. The Morgan fingerprint density at radius 1 is 1.28 bits per heavy atom. The van der Waals surface area contributed by atoms with Crippen molar-refractivity contribution in [1.29, 1.82) is 0 Å². The van der Waals surface area contributed by atoms with Crippen molar-refractivity contribution < 1.29 is 23.5 Å². The predicted octanol–water partition coefficient (Wildman–Crippen LogP) is 2.76. The summed E-state index contributed by atoms with van der Waals surface area (Å²) < 4.78 is 21.5. The number of morpholine rings is 1. The number of carbonyl (C=O) groups excluding carboxylic acids is 1. The fraction of sp³-hybridized carbons (Fsp3) is 0.500. The van der Waals surface area contributed by atoms with Crippen molar-refractivity contribution in [3.63, 3.8) is 0 Å². The van der Waals surface area contributed by atoms with E-state index in [9.17, 15) is 4.79 Å². The van der Waals surface area contributed by atoms with Crippen molar-refractivity contribution in [2.24, 2.45) is 0 Å². The van der Waals surface area contributed by atoms with Gasteiger partial charge in [0.1, 0.15) is 6.61 Å². The fourth-order valence-electron chi connectivity index (χ4n) is 3.07. The number of halogens is 1. The van der Waals surface area contributed by atoms with Gasteiger partial charge in [0.05, 0.1) is 20.3 Å². The number of carbonyl (C=O) groups is 1. The number of benzene rings is 1. The number of methoxy groups -OCH3 is 1. The Hall–Kier alpha value is -2.29. The van der Waals surface area contributed by atoms with E-state index in [-0.39, 0.29) is 23.7 Å². The molecular weight excluding hydrogens is 398 g/mol. The zero-order valence-corrected chi connectivity index (χ0v) is 17.6. The fourth-order valence-corrected chi connectivity index (χ4v) is 3.23. The van der Waals surface area contributed by atoms with Crippen LogP contribution in [0.3, 0.4) is 0 Å². The van der Waals surface area contributed by atoms with Gasteiger partial charge in [-0.1, -0.05) is 16.8 Å². The lowest BCUT2D eigenvalue weighted by Gasteiger charge is -2.40. The highest BCUT2D eigenvalue weighted by atomic mass is 35.5. The van der Waals surface area contributed by atoms with E-state index >= 15 is 0 Å². The molecule has 1 fully saturated rings. The van der Waals surface area contributed by atoms with Crippen LogP contribution in [0.25, 0.3) is 0 Å². The van der Waals surface area contributed by atoms with Gasteiger partial charge < -0.3 is 24.1 Å². The minimum atomic E-state index is -0.287. The second-order valence-corrected chi connectivity index (χ2v) is 7.79. The van der Waals surface area contributed by atoms with E-state index in [0.717, 1.165) is 13.1 Å². The van der Waals surface area contributed by atoms with Crippen LogP contribution in [0.4, 0.5) is 0 Å². The van der Waals surface area contributed by atoms with Crippen molar-refractivity contribution in [3.8, 4) is 11.5 Å². The molecule has 0 atom stereocenters. The van der Waals surface area contributed by atoms with Crippen LogP contribution in [0.2, 0.25) is 5.02 Å². The molecule has 29 heavy (non-hydrogen) atoms. The molecule has 3 rings (SSSR count). The van der Waals surface area contributed by atoms with Gasteiger partial charge in [-0.3, -0.25) is 9.69 Å². The quantitative estimate of drug-likeness (QED) is 0.698. The molecule has 1 saturated heterocycles. The number of rotatable bonds is 8. The molecule has 0 spiro atoms. The van der Waals surface area contributed by atoms with Gasteiger partial charge in [0.2, 0.25) is 0 Å². The van der Waals surface area contributed by atoms with Gasteiger partial charge >= 0.3 is 0 Å². The van der Waals surface area contributed by atoms with Crippen molar-refractivity contribution in [1.82, 2.24) is 15.4 Å². The highest BCUT2D eigenvalue weighted by Gasteiger charge is 2.29. The Kier molecular flexibility index (Phi) is 7.00. The first-order chi connectivity index (χ1) is 13.9.